The normalized spacial score (nSPS) is 13.2. The van der Waals surface area contributed by atoms with Crippen molar-refractivity contribution in [2.75, 3.05) is 6.54 Å². The van der Waals surface area contributed by atoms with E-state index in [9.17, 15) is 9.90 Å². The van der Waals surface area contributed by atoms with Gasteiger partial charge < -0.3 is 15.8 Å². The Labute approximate surface area is 85.4 Å². The van der Waals surface area contributed by atoms with Crippen molar-refractivity contribution < 1.29 is 5.11 Å². The van der Waals surface area contributed by atoms with Gasteiger partial charge in [-0.05, 0) is 6.07 Å². The van der Waals surface area contributed by atoms with Crippen molar-refractivity contribution in [1.82, 2.24) is 14.5 Å². The number of rotatable bonds is 3. The lowest BCUT2D eigenvalue weighted by Gasteiger charge is -2.09. The summed E-state index contributed by atoms with van der Waals surface area (Å²) in [5, 5.41) is 9.85. The quantitative estimate of drug-likeness (QED) is 0.605. The molecule has 2 rings (SSSR count). The third-order valence-electron chi connectivity index (χ3n) is 2.22. The summed E-state index contributed by atoms with van der Waals surface area (Å²) in [6.07, 6.45) is 2.34. The van der Waals surface area contributed by atoms with E-state index in [4.69, 9.17) is 5.73 Å². The number of H-pyrrole nitrogens is 1. The van der Waals surface area contributed by atoms with Crippen molar-refractivity contribution in [3.05, 3.63) is 28.9 Å². The van der Waals surface area contributed by atoms with Crippen molar-refractivity contribution in [3.8, 4) is 0 Å². The number of hydrogen-bond donors (Lipinski definition) is 3. The molecule has 4 N–H and O–H groups in total. The predicted octanol–water partition coefficient (Wildman–Crippen LogP) is -0.956. The standard InChI is InChI=1S/C9H12N4O2/c10-3-6(14)4-13-5-12-8-7(9(13)15)1-2-11-8/h1-2,5-6,11,14H,3-4,10H2. The molecule has 0 bridgehead atoms. The van der Waals surface area contributed by atoms with Crippen LogP contribution < -0.4 is 11.3 Å². The minimum atomic E-state index is -0.721. The summed E-state index contributed by atoms with van der Waals surface area (Å²) in [5.41, 5.74) is 5.65. The number of aliphatic hydroxyl groups excluding tert-OH is 1. The molecule has 0 amide bonds. The average Bonchev–Trinajstić information content (AvgIpc) is 2.70. The second kappa shape index (κ2) is 3.84. The molecule has 0 aliphatic carbocycles. The average molecular weight is 208 g/mol. The van der Waals surface area contributed by atoms with Crippen LogP contribution in [0.2, 0.25) is 0 Å². The van der Waals surface area contributed by atoms with Gasteiger partial charge in [0.1, 0.15) is 5.65 Å². The topological polar surface area (TPSA) is 96.9 Å². The molecule has 6 nitrogen and oxygen atoms in total. The number of nitrogens with zero attached hydrogens (tertiary/aromatic N) is 2. The first-order valence-corrected chi connectivity index (χ1v) is 4.63. The summed E-state index contributed by atoms with van der Waals surface area (Å²) < 4.78 is 1.35. The molecule has 0 spiro atoms. The fraction of sp³-hybridized carbons (Fsp3) is 0.333. The van der Waals surface area contributed by atoms with E-state index in [-0.39, 0.29) is 18.6 Å². The number of hydrogen-bond acceptors (Lipinski definition) is 4. The molecule has 2 aromatic heterocycles. The van der Waals surface area contributed by atoms with Gasteiger partial charge in [-0.15, -0.1) is 0 Å². The van der Waals surface area contributed by atoms with Crippen molar-refractivity contribution in [2.24, 2.45) is 5.73 Å². The molecule has 2 heterocycles. The van der Waals surface area contributed by atoms with Gasteiger partial charge in [0, 0.05) is 12.7 Å². The predicted molar refractivity (Wildman–Crippen MR) is 55.4 cm³/mol. The molecule has 2 aromatic rings. The van der Waals surface area contributed by atoms with Crippen LogP contribution in [0.3, 0.4) is 0 Å². The van der Waals surface area contributed by atoms with Crippen molar-refractivity contribution in [3.63, 3.8) is 0 Å². The van der Waals surface area contributed by atoms with Crippen LogP contribution >= 0.6 is 0 Å². The van der Waals surface area contributed by atoms with Gasteiger partial charge in [-0.3, -0.25) is 9.36 Å². The molecule has 80 valence electrons. The summed E-state index contributed by atoms with van der Waals surface area (Å²) in [6, 6.07) is 1.66. The number of nitrogens with two attached hydrogens (primary N) is 1. The monoisotopic (exact) mass is 208 g/mol. The van der Waals surface area contributed by atoms with Crippen LogP contribution in [0.1, 0.15) is 0 Å². The zero-order valence-corrected chi connectivity index (χ0v) is 8.05. The van der Waals surface area contributed by atoms with E-state index in [1.54, 1.807) is 12.3 Å². The Bertz CT molecular complexity index is 516. The third-order valence-corrected chi connectivity index (χ3v) is 2.22. The third kappa shape index (κ3) is 1.77. The van der Waals surface area contributed by atoms with Crippen molar-refractivity contribution in [1.29, 1.82) is 0 Å². The molecule has 15 heavy (non-hydrogen) atoms. The smallest absolute Gasteiger partial charge is 0.262 e. The summed E-state index contributed by atoms with van der Waals surface area (Å²) in [7, 11) is 0. The van der Waals surface area contributed by atoms with Gasteiger partial charge in [-0.1, -0.05) is 0 Å². The lowest BCUT2D eigenvalue weighted by Crippen LogP contribution is -2.31. The molecule has 0 saturated carbocycles. The zero-order valence-electron chi connectivity index (χ0n) is 8.05. The van der Waals surface area contributed by atoms with Crippen LogP contribution in [0.25, 0.3) is 11.0 Å². The number of aliphatic hydroxyl groups is 1. The SMILES string of the molecule is NCC(O)Cn1cnc2[nH]ccc2c1=O. The molecule has 1 atom stereocenters. The molecule has 1 unspecified atom stereocenters. The molecule has 0 radical (unpaired) electrons. The van der Waals surface area contributed by atoms with Crippen LogP contribution in [0.5, 0.6) is 0 Å². The number of nitrogens with one attached hydrogen (secondary N) is 1. The maximum absolute atomic E-state index is 11.8. The Hall–Kier alpha value is -1.66. The Morgan fingerprint density at radius 1 is 1.67 bits per heavy atom. The first-order chi connectivity index (χ1) is 7.22. The number of aromatic nitrogens is 3. The maximum Gasteiger partial charge on any atom is 0.262 e. The summed E-state index contributed by atoms with van der Waals surface area (Å²) in [4.78, 5) is 18.7. The van der Waals surface area contributed by atoms with Gasteiger partial charge in [-0.2, -0.15) is 0 Å². The van der Waals surface area contributed by atoms with Gasteiger partial charge in [0.15, 0.2) is 0 Å². The van der Waals surface area contributed by atoms with Gasteiger partial charge in [0.2, 0.25) is 0 Å². The first-order valence-electron chi connectivity index (χ1n) is 4.63. The first kappa shape index (κ1) is 9.88. The van der Waals surface area contributed by atoms with E-state index >= 15 is 0 Å². The summed E-state index contributed by atoms with van der Waals surface area (Å²) in [6.45, 7) is 0.293. The van der Waals surface area contributed by atoms with Crippen LogP contribution in [0.4, 0.5) is 0 Å². The van der Waals surface area contributed by atoms with E-state index in [1.807, 2.05) is 0 Å². The molecule has 0 saturated heterocycles. The minimum Gasteiger partial charge on any atom is -0.390 e. The largest absolute Gasteiger partial charge is 0.390 e. The van der Waals surface area contributed by atoms with E-state index in [1.165, 1.54) is 10.9 Å². The van der Waals surface area contributed by atoms with Crippen LogP contribution in [0, 0.1) is 0 Å². The van der Waals surface area contributed by atoms with Gasteiger partial charge in [0.25, 0.3) is 5.56 Å². The van der Waals surface area contributed by atoms with Crippen molar-refractivity contribution >= 4 is 11.0 Å². The van der Waals surface area contributed by atoms with Gasteiger partial charge in [0.05, 0.1) is 24.4 Å². The lowest BCUT2D eigenvalue weighted by atomic mass is 10.3. The molecule has 0 fully saturated rings. The fourth-order valence-corrected chi connectivity index (χ4v) is 1.41. The molecule has 0 aliphatic heterocycles. The summed E-state index contributed by atoms with van der Waals surface area (Å²) in [5.74, 6) is 0. The summed E-state index contributed by atoms with van der Waals surface area (Å²) >= 11 is 0. The molecule has 6 heteroatoms. The van der Waals surface area contributed by atoms with E-state index in [2.05, 4.69) is 9.97 Å². The van der Waals surface area contributed by atoms with Crippen molar-refractivity contribution in [2.45, 2.75) is 12.6 Å². The van der Waals surface area contributed by atoms with E-state index in [0.29, 0.717) is 11.0 Å². The molecular weight excluding hydrogens is 196 g/mol. The van der Waals surface area contributed by atoms with Crippen LogP contribution in [0.15, 0.2) is 23.4 Å². The Balaban J connectivity index is 2.44. The maximum atomic E-state index is 11.8. The highest BCUT2D eigenvalue weighted by Crippen LogP contribution is 2.02. The van der Waals surface area contributed by atoms with Gasteiger partial charge in [-0.25, -0.2) is 4.98 Å². The fourth-order valence-electron chi connectivity index (χ4n) is 1.41. The zero-order chi connectivity index (χ0) is 10.8. The van der Waals surface area contributed by atoms with Gasteiger partial charge >= 0.3 is 0 Å². The van der Waals surface area contributed by atoms with Crippen LogP contribution in [-0.4, -0.2) is 32.3 Å². The highest BCUT2D eigenvalue weighted by Gasteiger charge is 2.07. The second-order valence-electron chi connectivity index (χ2n) is 3.33. The highest BCUT2D eigenvalue weighted by atomic mass is 16.3. The molecule has 0 aliphatic rings. The Kier molecular flexibility index (Phi) is 2.53. The highest BCUT2D eigenvalue weighted by molar-refractivity contribution is 5.73. The second-order valence-corrected chi connectivity index (χ2v) is 3.33. The van der Waals surface area contributed by atoms with E-state index in [0.717, 1.165) is 0 Å². The molecule has 0 aromatic carbocycles. The molecular formula is C9H12N4O2. The minimum absolute atomic E-state index is 0.123. The lowest BCUT2D eigenvalue weighted by molar-refractivity contribution is 0.160. The number of fused-ring (bicyclic) bond motifs is 1. The Morgan fingerprint density at radius 2 is 2.47 bits per heavy atom. The van der Waals surface area contributed by atoms with E-state index < -0.39 is 6.10 Å². The van der Waals surface area contributed by atoms with Crippen LogP contribution in [-0.2, 0) is 6.54 Å². The number of aromatic amines is 1. The Morgan fingerprint density at radius 3 is 3.20 bits per heavy atom.